The molecule has 1 saturated heterocycles. The lowest BCUT2D eigenvalue weighted by atomic mass is 10.0. The van der Waals surface area contributed by atoms with E-state index in [1.165, 1.54) is 35.2 Å². The number of carbonyl (C=O) groups excluding carboxylic acids is 2. The van der Waals surface area contributed by atoms with Crippen molar-refractivity contribution in [3.63, 3.8) is 0 Å². The summed E-state index contributed by atoms with van der Waals surface area (Å²) in [6.45, 7) is 0.646. The van der Waals surface area contributed by atoms with E-state index in [0.29, 0.717) is 37.1 Å². The second-order valence-corrected chi connectivity index (χ2v) is 9.67. The Morgan fingerprint density at radius 2 is 1.81 bits per heavy atom. The largest absolute Gasteiger partial charge is 0.353 e. The SMILES string of the molecule is O=C(Cc1cccc([N+](=O)[O-])c1)NC1CCN(C(=O)C2=Cc3ccccc3S2(=O)=O)CC1. The Bertz CT molecular complexity index is 1230. The highest BCUT2D eigenvalue weighted by Gasteiger charge is 2.37. The van der Waals surface area contributed by atoms with E-state index >= 15 is 0 Å². The summed E-state index contributed by atoms with van der Waals surface area (Å²) >= 11 is 0. The van der Waals surface area contributed by atoms with Crippen LogP contribution in [0.3, 0.4) is 0 Å². The molecule has 2 aromatic rings. The monoisotopic (exact) mass is 455 g/mol. The summed E-state index contributed by atoms with van der Waals surface area (Å²) < 4.78 is 25.4. The van der Waals surface area contributed by atoms with Crippen LogP contribution in [0.25, 0.3) is 6.08 Å². The van der Waals surface area contributed by atoms with Gasteiger partial charge in [-0.25, -0.2) is 8.42 Å². The van der Waals surface area contributed by atoms with Gasteiger partial charge in [-0.05, 0) is 36.1 Å². The van der Waals surface area contributed by atoms with Gasteiger partial charge < -0.3 is 10.2 Å². The van der Waals surface area contributed by atoms with Gasteiger partial charge in [0.1, 0.15) is 4.91 Å². The predicted octanol–water partition coefficient (Wildman–Crippen LogP) is 2.07. The average Bonchev–Trinajstić information content (AvgIpc) is 3.04. The number of rotatable bonds is 5. The summed E-state index contributed by atoms with van der Waals surface area (Å²) in [7, 11) is -3.82. The van der Waals surface area contributed by atoms with Gasteiger partial charge in [-0.15, -0.1) is 0 Å². The lowest BCUT2D eigenvalue weighted by molar-refractivity contribution is -0.384. The van der Waals surface area contributed by atoms with E-state index in [2.05, 4.69) is 5.32 Å². The second-order valence-electron chi connectivity index (χ2n) is 7.79. The number of nitro groups is 1. The first kappa shape index (κ1) is 21.7. The number of likely N-dealkylation sites (tertiary alicyclic amines) is 1. The molecule has 166 valence electrons. The van der Waals surface area contributed by atoms with E-state index in [1.54, 1.807) is 24.3 Å². The number of benzene rings is 2. The molecule has 2 heterocycles. The molecule has 0 unspecified atom stereocenters. The Balaban J connectivity index is 1.33. The van der Waals surface area contributed by atoms with Crippen LogP contribution in [0.4, 0.5) is 5.69 Å². The molecule has 2 aliphatic rings. The average molecular weight is 455 g/mol. The third kappa shape index (κ3) is 4.26. The van der Waals surface area contributed by atoms with Gasteiger partial charge in [0.05, 0.1) is 16.2 Å². The van der Waals surface area contributed by atoms with Crippen molar-refractivity contribution in [3.8, 4) is 0 Å². The number of hydrogen-bond acceptors (Lipinski definition) is 6. The highest BCUT2D eigenvalue weighted by atomic mass is 32.2. The third-order valence-corrected chi connectivity index (χ3v) is 7.45. The summed E-state index contributed by atoms with van der Waals surface area (Å²) in [6, 6.07) is 12.3. The number of nitrogens with zero attached hydrogens (tertiary/aromatic N) is 2. The smallest absolute Gasteiger partial charge is 0.269 e. The zero-order chi connectivity index (χ0) is 22.9. The van der Waals surface area contributed by atoms with E-state index in [9.17, 15) is 28.1 Å². The molecule has 4 rings (SSSR count). The quantitative estimate of drug-likeness (QED) is 0.543. The maximum absolute atomic E-state index is 12.9. The molecule has 0 aromatic heterocycles. The summed E-state index contributed by atoms with van der Waals surface area (Å²) in [4.78, 5) is 37.0. The molecule has 2 aromatic carbocycles. The number of nitrogens with one attached hydrogen (secondary N) is 1. The second kappa shape index (κ2) is 8.54. The fraction of sp³-hybridized carbons (Fsp3) is 0.273. The van der Waals surface area contributed by atoms with Gasteiger partial charge in [-0.1, -0.05) is 30.3 Å². The van der Waals surface area contributed by atoms with Crippen LogP contribution in [0.15, 0.2) is 58.3 Å². The highest BCUT2D eigenvalue weighted by molar-refractivity contribution is 7.96. The predicted molar refractivity (Wildman–Crippen MR) is 116 cm³/mol. The number of non-ortho nitro benzene ring substituents is 1. The number of amides is 2. The molecule has 0 bridgehead atoms. The van der Waals surface area contributed by atoms with Crippen LogP contribution in [0.5, 0.6) is 0 Å². The molecule has 0 radical (unpaired) electrons. The van der Waals surface area contributed by atoms with Crippen molar-refractivity contribution in [1.82, 2.24) is 10.2 Å². The zero-order valence-corrected chi connectivity index (χ0v) is 17.9. The Morgan fingerprint density at radius 1 is 1.09 bits per heavy atom. The summed E-state index contributed by atoms with van der Waals surface area (Å²) in [5.74, 6) is -0.783. The number of piperidine rings is 1. The molecule has 2 aliphatic heterocycles. The molecule has 0 aliphatic carbocycles. The van der Waals surface area contributed by atoms with E-state index in [0.717, 1.165) is 0 Å². The van der Waals surface area contributed by atoms with Gasteiger partial charge in [-0.3, -0.25) is 19.7 Å². The summed E-state index contributed by atoms with van der Waals surface area (Å²) in [6.07, 6.45) is 2.42. The standard InChI is InChI=1S/C22H21N3O6S/c26-21(13-15-4-3-6-18(12-15)25(28)29)23-17-8-10-24(11-9-17)22(27)20-14-16-5-1-2-7-19(16)32(20,30)31/h1-7,12,14,17H,8-11,13H2,(H,23,26). The number of sulfone groups is 1. The van der Waals surface area contributed by atoms with Crippen molar-refractivity contribution < 1.29 is 22.9 Å². The van der Waals surface area contributed by atoms with E-state index in [1.807, 2.05) is 0 Å². The van der Waals surface area contributed by atoms with Crippen LogP contribution in [-0.4, -0.2) is 49.2 Å². The maximum atomic E-state index is 12.9. The molecule has 1 fully saturated rings. The topological polar surface area (TPSA) is 127 Å². The van der Waals surface area contributed by atoms with Crippen molar-refractivity contribution in [2.75, 3.05) is 13.1 Å². The van der Waals surface area contributed by atoms with Crippen molar-refractivity contribution in [2.45, 2.75) is 30.2 Å². The normalized spacial score (nSPS) is 17.4. The molecule has 9 nitrogen and oxygen atoms in total. The minimum Gasteiger partial charge on any atom is -0.353 e. The third-order valence-electron chi connectivity index (χ3n) is 5.63. The van der Waals surface area contributed by atoms with Gasteiger partial charge in [0, 0.05) is 31.3 Å². The molecule has 0 atom stereocenters. The first-order chi connectivity index (χ1) is 15.3. The van der Waals surface area contributed by atoms with Crippen molar-refractivity contribution in [2.24, 2.45) is 0 Å². The Morgan fingerprint density at radius 3 is 2.50 bits per heavy atom. The maximum Gasteiger partial charge on any atom is 0.269 e. The van der Waals surface area contributed by atoms with Gasteiger partial charge in [0.2, 0.25) is 15.7 Å². The molecular formula is C22H21N3O6S. The number of nitro benzene ring substituents is 1. The fourth-order valence-electron chi connectivity index (χ4n) is 3.99. The minimum atomic E-state index is -3.82. The Kier molecular flexibility index (Phi) is 5.79. The van der Waals surface area contributed by atoms with Crippen LogP contribution in [-0.2, 0) is 25.8 Å². The number of fused-ring (bicyclic) bond motifs is 1. The minimum absolute atomic E-state index is 0.0181. The summed E-state index contributed by atoms with van der Waals surface area (Å²) in [5, 5.41) is 13.8. The first-order valence-electron chi connectivity index (χ1n) is 10.1. The van der Waals surface area contributed by atoms with Gasteiger partial charge in [0.25, 0.3) is 11.6 Å². The van der Waals surface area contributed by atoms with Gasteiger partial charge in [-0.2, -0.15) is 0 Å². The van der Waals surface area contributed by atoms with E-state index in [-0.39, 0.29) is 33.9 Å². The van der Waals surface area contributed by atoms with Crippen LogP contribution in [0.2, 0.25) is 0 Å². The fourth-order valence-corrected chi connectivity index (χ4v) is 5.56. The Hall–Kier alpha value is -3.53. The van der Waals surface area contributed by atoms with Crippen molar-refractivity contribution >= 4 is 33.4 Å². The molecule has 0 saturated carbocycles. The first-order valence-corrected chi connectivity index (χ1v) is 11.6. The summed E-state index contributed by atoms with van der Waals surface area (Å²) in [5.41, 5.74) is 0.988. The van der Waals surface area contributed by atoms with Crippen molar-refractivity contribution in [1.29, 1.82) is 0 Å². The number of hydrogen-bond donors (Lipinski definition) is 1. The lowest BCUT2D eigenvalue weighted by Gasteiger charge is -2.32. The molecule has 32 heavy (non-hydrogen) atoms. The molecule has 0 spiro atoms. The van der Waals surface area contributed by atoms with Crippen LogP contribution in [0.1, 0.15) is 24.0 Å². The van der Waals surface area contributed by atoms with Crippen LogP contribution >= 0.6 is 0 Å². The van der Waals surface area contributed by atoms with Gasteiger partial charge >= 0.3 is 0 Å². The zero-order valence-electron chi connectivity index (χ0n) is 17.1. The lowest BCUT2D eigenvalue weighted by Crippen LogP contribution is -2.47. The number of carbonyl (C=O) groups is 2. The van der Waals surface area contributed by atoms with E-state index in [4.69, 9.17) is 0 Å². The van der Waals surface area contributed by atoms with Crippen LogP contribution < -0.4 is 5.32 Å². The Labute approximate surface area is 184 Å². The molecule has 1 N–H and O–H groups in total. The molecule has 10 heteroatoms. The van der Waals surface area contributed by atoms with Gasteiger partial charge in [0.15, 0.2) is 0 Å². The van der Waals surface area contributed by atoms with Crippen LogP contribution in [0, 0.1) is 10.1 Å². The molecular weight excluding hydrogens is 434 g/mol. The highest BCUT2D eigenvalue weighted by Crippen LogP contribution is 2.34. The molecule has 2 amide bonds. The van der Waals surface area contributed by atoms with E-state index < -0.39 is 20.7 Å². The van der Waals surface area contributed by atoms with Crippen molar-refractivity contribution in [3.05, 3.63) is 74.7 Å².